The molecule has 1 aromatic heterocycles. The van der Waals surface area contributed by atoms with Gasteiger partial charge in [-0.05, 0) is 12.1 Å². The number of carbonyl (C=O) groups is 2. The van der Waals surface area contributed by atoms with E-state index >= 15 is 0 Å². The van der Waals surface area contributed by atoms with E-state index in [4.69, 9.17) is 4.74 Å². The third-order valence-electron chi connectivity index (χ3n) is 5.11. The quantitative estimate of drug-likeness (QED) is 0.754. The molecule has 134 valence electrons. The maximum atomic E-state index is 13.1. The Hall–Kier alpha value is -2.19. The Bertz CT molecular complexity index is 661. The molecule has 8 nitrogen and oxygen atoms in total. The summed E-state index contributed by atoms with van der Waals surface area (Å²) < 4.78 is 5.39. The van der Waals surface area contributed by atoms with Crippen LogP contribution in [0.4, 0.5) is 5.82 Å². The minimum atomic E-state index is -0.241. The molecule has 3 aliphatic rings. The number of hydrogen-bond donors (Lipinski definition) is 1. The molecule has 8 heteroatoms. The van der Waals surface area contributed by atoms with E-state index in [1.807, 2.05) is 6.07 Å². The van der Waals surface area contributed by atoms with Crippen molar-refractivity contribution in [3.8, 4) is 0 Å². The van der Waals surface area contributed by atoms with Crippen LogP contribution in [0.5, 0.6) is 0 Å². The molecule has 1 atom stereocenters. The van der Waals surface area contributed by atoms with Gasteiger partial charge in [0.1, 0.15) is 11.9 Å². The molecule has 4 heterocycles. The van der Waals surface area contributed by atoms with Crippen molar-refractivity contribution < 1.29 is 14.3 Å². The highest BCUT2D eigenvalue weighted by atomic mass is 16.5. The van der Waals surface area contributed by atoms with Gasteiger partial charge in [-0.3, -0.25) is 14.5 Å². The predicted octanol–water partition coefficient (Wildman–Crippen LogP) is -0.826. The van der Waals surface area contributed by atoms with Gasteiger partial charge in [0.15, 0.2) is 0 Å². The van der Waals surface area contributed by atoms with Crippen LogP contribution >= 0.6 is 0 Å². The number of nitrogens with zero attached hydrogens (tertiary/aromatic N) is 4. The molecule has 2 amide bonds. The maximum Gasteiger partial charge on any atom is 0.257 e. The molecule has 0 radical (unpaired) electrons. The van der Waals surface area contributed by atoms with E-state index in [9.17, 15) is 9.59 Å². The summed E-state index contributed by atoms with van der Waals surface area (Å²) in [5.41, 5.74) is 0.606. The lowest BCUT2D eigenvalue weighted by Crippen LogP contribution is -2.64. The summed E-state index contributed by atoms with van der Waals surface area (Å²) in [6, 6.07) is 3.38. The zero-order valence-corrected chi connectivity index (χ0v) is 14.2. The molecule has 3 saturated heterocycles. The van der Waals surface area contributed by atoms with Gasteiger partial charge in [-0.15, -0.1) is 0 Å². The van der Waals surface area contributed by atoms with Gasteiger partial charge in [-0.25, -0.2) is 4.98 Å². The monoisotopic (exact) mass is 345 g/mol. The molecule has 0 unspecified atom stereocenters. The third kappa shape index (κ3) is 3.19. The zero-order chi connectivity index (χ0) is 17.2. The number of aromatic nitrogens is 1. The van der Waals surface area contributed by atoms with E-state index in [-0.39, 0.29) is 17.9 Å². The van der Waals surface area contributed by atoms with Gasteiger partial charge in [0, 0.05) is 52.0 Å². The van der Waals surface area contributed by atoms with Crippen LogP contribution in [-0.2, 0) is 9.53 Å². The molecular formula is C17H23N5O3. The molecule has 0 bridgehead atoms. The number of piperazine rings is 2. The van der Waals surface area contributed by atoms with Crippen molar-refractivity contribution in [3.05, 3.63) is 23.9 Å². The Morgan fingerprint density at radius 2 is 2.04 bits per heavy atom. The third-order valence-corrected chi connectivity index (χ3v) is 5.11. The molecule has 3 aliphatic heterocycles. The van der Waals surface area contributed by atoms with Gasteiger partial charge in [-0.2, -0.15) is 0 Å². The van der Waals surface area contributed by atoms with Gasteiger partial charge in [0.2, 0.25) is 5.91 Å². The van der Waals surface area contributed by atoms with Gasteiger partial charge in [0.25, 0.3) is 5.91 Å². The van der Waals surface area contributed by atoms with Crippen LogP contribution < -0.4 is 10.2 Å². The lowest BCUT2D eigenvalue weighted by atomic mass is 10.1. The van der Waals surface area contributed by atoms with Crippen LogP contribution in [-0.4, -0.2) is 91.7 Å². The summed E-state index contributed by atoms with van der Waals surface area (Å²) in [6.45, 7) is 6.10. The topological polar surface area (TPSA) is 78.0 Å². The Morgan fingerprint density at radius 3 is 2.88 bits per heavy atom. The second kappa shape index (κ2) is 6.97. The highest BCUT2D eigenvalue weighted by Crippen LogP contribution is 2.22. The Morgan fingerprint density at radius 1 is 1.20 bits per heavy atom. The molecule has 0 aliphatic carbocycles. The highest BCUT2D eigenvalue weighted by molar-refractivity contribution is 5.99. The minimum absolute atomic E-state index is 0.0170. The normalized spacial score (nSPS) is 24.6. The predicted molar refractivity (Wildman–Crippen MR) is 91.5 cm³/mol. The van der Waals surface area contributed by atoms with Crippen molar-refractivity contribution in [2.45, 2.75) is 6.04 Å². The SMILES string of the molecule is O=C1NCCN2CCN(C(=O)c3cccnc3N3CCOCC3)C[C@H]12. The molecule has 0 saturated carbocycles. The summed E-state index contributed by atoms with van der Waals surface area (Å²) in [5.74, 6) is 0.683. The first-order valence-electron chi connectivity index (χ1n) is 8.83. The van der Waals surface area contributed by atoms with E-state index in [0.717, 1.165) is 26.2 Å². The number of amides is 2. The lowest BCUT2D eigenvalue weighted by molar-refractivity contribution is -0.131. The first kappa shape index (κ1) is 16.3. The van der Waals surface area contributed by atoms with Crippen molar-refractivity contribution in [1.82, 2.24) is 20.1 Å². The number of anilines is 1. The largest absolute Gasteiger partial charge is 0.378 e. The zero-order valence-electron chi connectivity index (χ0n) is 14.2. The van der Waals surface area contributed by atoms with Gasteiger partial charge in [-0.1, -0.05) is 0 Å². The molecular weight excluding hydrogens is 322 g/mol. The van der Waals surface area contributed by atoms with E-state index in [0.29, 0.717) is 44.2 Å². The van der Waals surface area contributed by atoms with E-state index in [1.165, 1.54) is 0 Å². The van der Waals surface area contributed by atoms with E-state index in [1.54, 1.807) is 17.2 Å². The van der Waals surface area contributed by atoms with Crippen LogP contribution in [0.25, 0.3) is 0 Å². The van der Waals surface area contributed by atoms with Gasteiger partial charge < -0.3 is 19.9 Å². The fourth-order valence-electron chi connectivity index (χ4n) is 3.72. The van der Waals surface area contributed by atoms with Crippen LogP contribution in [0, 0.1) is 0 Å². The number of rotatable bonds is 2. The number of morpholine rings is 1. The average molecular weight is 345 g/mol. The number of nitrogens with one attached hydrogen (secondary N) is 1. The minimum Gasteiger partial charge on any atom is -0.378 e. The smallest absolute Gasteiger partial charge is 0.257 e. The van der Waals surface area contributed by atoms with E-state index < -0.39 is 0 Å². The molecule has 25 heavy (non-hydrogen) atoms. The average Bonchev–Trinajstić information content (AvgIpc) is 2.68. The standard InChI is InChI=1S/C17H23N5O3/c23-16-14-12-22(7-6-20(14)5-4-19-16)17(24)13-2-1-3-18-15(13)21-8-10-25-11-9-21/h1-3,14H,4-12H2,(H,19,23)/t14-/m1/s1. The van der Waals surface area contributed by atoms with Gasteiger partial charge in [0.05, 0.1) is 18.8 Å². The summed E-state index contributed by atoms with van der Waals surface area (Å²) in [5, 5.41) is 2.89. The van der Waals surface area contributed by atoms with Crippen LogP contribution in [0.15, 0.2) is 18.3 Å². The number of hydrogen-bond acceptors (Lipinski definition) is 6. The van der Waals surface area contributed by atoms with Crippen molar-refractivity contribution >= 4 is 17.6 Å². The summed E-state index contributed by atoms with van der Waals surface area (Å²) >= 11 is 0. The van der Waals surface area contributed by atoms with Crippen LogP contribution in [0.3, 0.4) is 0 Å². The summed E-state index contributed by atoms with van der Waals surface area (Å²) in [7, 11) is 0. The summed E-state index contributed by atoms with van der Waals surface area (Å²) in [4.78, 5) is 35.7. The second-order valence-electron chi connectivity index (χ2n) is 6.57. The van der Waals surface area contributed by atoms with Crippen LogP contribution in [0.1, 0.15) is 10.4 Å². The Labute approximate surface area is 146 Å². The number of fused-ring (bicyclic) bond motifs is 1. The Balaban J connectivity index is 1.54. The second-order valence-corrected chi connectivity index (χ2v) is 6.57. The molecule has 1 N–H and O–H groups in total. The Kier molecular flexibility index (Phi) is 4.54. The molecule has 4 rings (SSSR count). The molecule has 1 aromatic rings. The number of carbonyl (C=O) groups excluding carboxylic acids is 2. The van der Waals surface area contributed by atoms with Gasteiger partial charge >= 0.3 is 0 Å². The van der Waals surface area contributed by atoms with Crippen molar-refractivity contribution in [1.29, 1.82) is 0 Å². The van der Waals surface area contributed by atoms with E-state index in [2.05, 4.69) is 20.1 Å². The fourth-order valence-corrected chi connectivity index (χ4v) is 3.72. The van der Waals surface area contributed by atoms with Crippen molar-refractivity contribution in [2.24, 2.45) is 0 Å². The molecule has 3 fully saturated rings. The number of pyridine rings is 1. The van der Waals surface area contributed by atoms with Crippen LogP contribution in [0.2, 0.25) is 0 Å². The lowest BCUT2D eigenvalue weighted by Gasteiger charge is -2.43. The molecule has 0 spiro atoms. The first-order valence-corrected chi connectivity index (χ1v) is 8.83. The maximum absolute atomic E-state index is 13.1. The fraction of sp³-hybridized carbons (Fsp3) is 0.588. The highest BCUT2D eigenvalue weighted by Gasteiger charge is 2.37. The molecule has 0 aromatic carbocycles. The first-order chi connectivity index (χ1) is 12.2. The van der Waals surface area contributed by atoms with Crippen molar-refractivity contribution in [2.75, 3.05) is 63.9 Å². The summed E-state index contributed by atoms with van der Waals surface area (Å²) in [6.07, 6.45) is 1.72. The van der Waals surface area contributed by atoms with Crippen molar-refractivity contribution in [3.63, 3.8) is 0 Å². The number of ether oxygens (including phenoxy) is 1.